The Bertz CT molecular complexity index is 548. The normalized spacial score (nSPS) is 12.0. The van der Waals surface area contributed by atoms with Gasteiger partial charge in [0.25, 0.3) is 0 Å². The molecule has 0 spiro atoms. The standard InChI is InChI=1S/C14H15NO4S/c16-13(15-9-11-3-1-5-19-11)7-10(8-14(17)18)12-4-2-6-20-12/h1-6,10H,7-9H2,(H,15,16)(H,17,18)/t10-/m1/s1. The topological polar surface area (TPSA) is 79.5 Å². The lowest BCUT2D eigenvalue weighted by atomic mass is 9.99. The van der Waals surface area contributed by atoms with Crippen LogP contribution in [0, 0.1) is 0 Å². The third-order valence-electron chi connectivity index (χ3n) is 2.84. The van der Waals surface area contributed by atoms with Crippen molar-refractivity contribution in [2.24, 2.45) is 0 Å². The first kappa shape index (κ1) is 14.3. The fourth-order valence-electron chi connectivity index (χ4n) is 1.90. The Hall–Kier alpha value is -2.08. The fraction of sp³-hybridized carbons (Fsp3) is 0.286. The summed E-state index contributed by atoms with van der Waals surface area (Å²) < 4.78 is 5.12. The van der Waals surface area contributed by atoms with E-state index < -0.39 is 5.97 Å². The molecule has 2 rings (SSSR count). The summed E-state index contributed by atoms with van der Waals surface area (Å²) in [6, 6.07) is 7.24. The predicted molar refractivity (Wildman–Crippen MR) is 74.5 cm³/mol. The minimum absolute atomic E-state index is 0.0469. The molecule has 20 heavy (non-hydrogen) atoms. The Kier molecular flexibility index (Phi) is 4.95. The van der Waals surface area contributed by atoms with Crippen LogP contribution in [0.15, 0.2) is 40.3 Å². The van der Waals surface area contributed by atoms with Gasteiger partial charge in [-0.15, -0.1) is 11.3 Å². The molecule has 0 saturated carbocycles. The average Bonchev–Trinajstić information content (AvgIpc) is 3.08. The van der Waals surface area contributed by atoms with E-state index in [9.17, 15) is 9.59 Å². The number of nitrogens with one attached hydrogen (secondary N) is 1. The van der Waals surface area contributed by atoms with Crippen molar-refractivity contribution in [1.82, 2.24) is 5.32 Å². The minimum Gasteiger partial charge on any atom is -0.481 e. The molecule has 106 valence electrons. The van der Waals surface area contributed by atoms with Crippen LogP contribution in [0.4, 0.5) is 0 Å². The molecule has 1 amide bonds. The first-order valence-corrected chi connectivity index (χ1v) is 7.07. The van der Waals surface area contributed by atoms with Crippen molar-refractivity contribution >= 4 is 23.2 Å². The first-order valence-electron chi connectivity index (χ1n) is 6.19. The Morgan fingerprint density at radius 1 is 1.30 bits per heavy atom. The first-order chi connectivity index (χ1) is 9.65. The van der Waals surface area contributed by atoms with E-state index in [4.69, 9.17) is 9.52 Å². The third-order valence-corrected chi connectivity index (χ3v) is 3.87. The van der Waals surface area contributed by atoms with Crippen LogP contribution in [0.25, 0.3) is 0 Å². The average molecular weight is 293 g/mol. The highest BCUT2D eigenvalue weighted by Crippen LogP contribution is 2.27. The zero-order chi connectivity index (χ0) is 14.4. The number of carboxylic acid groups (broad SMARTS) is 1. The van der Waals surface area contributed by atoms with Gasteiger partial charge in [0.15, 0.2) is 0 Å². The lowest BCUT2D eigenvalue weighted by Crippen LogP contribution is -2.25. The minimum atomic E-state index is -0.901. The number of rotatable bonds is 7. The predicted octanol–water partition coefficient (Wildman–Crippen LogP) is 2.61. The van der Waals surface area contributed by atoms with Crippen LogP contribution in [0.3, 0.4) is 0 Å². The molecule has 0 aromatic carbocycles. The molecule has 6 heteroatoms. The van der Waals surface area contributed by atoms with Gasteiger partial charge in [-0.25, -0.2) is 0 Å². The molecule has 0 bridgehead atoms. The van der Waals surface area contributed by atoms with Crippen molar-refractivity contribution in [3.8, 4) is 0 Å². The quantitative estimate of drug-likeness (QED) is 0.822. The van der Waals surface area contributed by atoms with Crippen molar-refractivity contribution < 1.29 is 19.1 Å². The van der Waals surface area contributed by atoms with E-state index in [0.29, 0.717) is 12.3 Å². The number of furan rings is 1. The zero-order valence-electron chi connectivity index (χ0n) is 10.7. The van der Waals surface area contributed by atoms with E-state index in [1.807, 2.05) is 17.5 Å². The summed E-state index contributed by atoms with van der Waals surface area (Å²) in [7, 11) is 0. The number of hydrogen-bond acceptors (Lipinski definition) is 4. The molecule has 0 aliphatic carbocycles. The van der Waals surface area contributed by atoms with Gasteiger partial charge in [-0.1, -0.05) is 6.07 Å². The van der Waals surface area contributed by atoms with Crippen molar-refractivity contribution in [3.63, 3.8) is 0 Å². The van der Waals surface area contributed by atoms with Gasteiger partial charge < -0.3 is 14.8 Å². The van der Waals surface area contributed by atoms with E-state index >= 15 is 0 Å². The summed E-state index contributed by atoms with van der Waals surface area (Å²) in [4.78, 5) is 23.7. The monoisotopic (exact) mass is 293 g/mol. The molecule has 5 nitrogen and oxygen atoms in total. The zero-order valence-corrected chi connectivity index (χ0v) is 11.6. The van der Waals surface area contributed by atoms with E-state index in [0.717, 1.165) is 4.88 Å². The van der Waals surface area contributed by atoms with Gasteiger partial charge >= 0.3 is 5.97 Å². The maximum atomic E-state index is 11.9. The largest absolute Gasteiger partial charge is 0.481 e. The number of thiophene rings is 1. The summed E-state index contributed by atoms with van der Waals surface area (Å²) in [6.45, 7) is 0.316. The molecule has 2 N–H and O–H groups in total. The molecular formula is C14H15NO4S. The number of hydrogen-bond donors (Lipinski definition) is 2. The Balaban J connectivity index is 1.90. The smallest absolute Gasteiger partial charge is 0.304 e. The van der Waals surface area contributed by atoms with E-state index in [-0.39, 0.29) is 24.7 Å². The summed E-state index contributed by atoms with van der Waals surface area (Å²) in [5, 5.41) is 13.5. The van der Waals surface area contributed by atoms with Crippen LogP contribution in [0.1, 0.15) is 29.4 Å². The van der Waals surface area contributed by atoms with E-state index in [1.165, 1.54) is 11.3 Å². The van der Waals surface area contributed by atoms with Gasteiger partial charge in [-0.3, -0.25) is 9.59 Å². The second-order valence-electron chi connectivity index (χ2n) is 4.37. The number of carbonyl (C=O) groups excluding carboxylic acids is 1. The summed E-state index contributed by atoms with van der Waals surface area (Å²) in [6.07, 6.45) is 1.66. The lowest BCUT2D eigenvalue weighted by Gasteiger charge is -2.12. The van der Waals surface area contributed by atoms with Crippen molar-refractivity contribution in [1.29, 1.82) is 0 Å². The molecule has 0 aliphatic heterocycles. The van der Waals surface area contributed by atoms with Gasteiger partial charge in [0.2, 0.25) is 5.91 Å². The van der Waals surface area contributed by atoms with Crippen LogP contribution in [0.2, 0.25) is 0 Å². The molecule has 0 fully saturated rings. The molecule has 0 saturated heterocycles. The van der Waals surface area contributed by atoms with Gasteiger partial charge in [-0.2, -0.15) is 0 Å². The van der Waals surface area contributed by atoms with E-state index in [1.54, 1.807) is 18.4 Å². The van der Waals surface area contributed by atoms with E-state index in [2.05, 4.69) is 5.32 Å². The molecule has 2 aromatic heterocycles. The van der Waals surface area contributed by atoms with Crippen LogP contribution in [-0.2, 0) is 16.1 Å². The van der Waals surface area contributed by atoms with Gasteiger partial charge in [0.05, 0.1) is 19.2 Å². The number of aliphatic carboxylic acids is 1. The summed E-state index contributed by atoms with van der Waals surface area (Å²) in [5.74, 6) is -0.698. The van der Waals surface area contributed by atoms with Crippen molar-refractivity contribution in [2.75, 3.05) is 0 Å². The number of amides is 1. The summed E-state index contributed by atoms with van der Waals surface area (Å²) >= 11 is 1.47. The molecule has 0 unspecified atom stereocenters. The van der Waals surface area contributed by atoms with Gasteiger partial charge in [-0.05, 0) is 23.6 Å². The number of carboxylic acids is 1. The fourth-order valence-corrected chi connectivity index (χ4v) is 2.73. The molecule has 1 atom stereocenters. The maximum Gasteiger partial charge on any atom is 0.304 e. The van der Waals surface area contributed by atoms with Crippen molar-refractivity contribution in [3.05, 3.63) is 46.5 Å². The third kappa shape index (κ3) is 4.24. The Morgan fingerprint density at radius 3 is 2.75 bits per heavy atom. The van der Waals surface area contributed by atoms with Crippen LogP contribution in [0.5, 0.6) is 0 Å². The highest BCUT2D eigenvalue weighted by Gasteiger charge is 2.20. The Labute approximate surface area is 120 Å². The SMILES string of the molecule is O=C(O)C[C@@H](CC(=O)NCc1ccco1)c1cccs1. The summed E-state index contributed by atoms with van der Waals surface area (Å²) in [5.41, 5.74) is 0. The highest BCUT2D eigenvalue weighted by atomic mass is 32.1. The number of carbonyl (C=O) groups is 2. The molecule has 0 aliphatic rings. The van der Waals surface area contributed by atoms with Crippen LogP contribution in [-0.4, -0.2) is 17.0 Å². The van der Waals surface area contributed by atoms with Gasteiger partial charge in [0, 0.05) is 17.2 Å². The maximum absolute atomic E-state index is 11.9. The van der Waals surface area contributed by atoms with Crippen molar-refractivity contribution in [2.45, 2.75) is 25.3 Å². The van der Waals surface area contributed by atoms with Crippen LogP contribution >= 0.6 is 11.3 Å². The second kappa shape index (κ2) is 6.91. The Morgan fingerprint density at radius 2 is 2.15 bits per heavy atom. The second-order valence-corrected chi connectivity index (χ2v) is 5.35. The molecule has 0 radical (unpaired) electrons. The van der Waals surface area contributed by atoms with Gasteiger partial charge in [0.1, 0.15) is 5.76 Å². The molecule has 2 heterocycles. The molecular weight excluding hydrogens is 278 g/mol. The van der Waals surface area contributed by atoms with Crippen LogP contribution < -0.4 is 5.32 Å². The highest BCUT2D eigenvalue weighted by molar-refractivity contribution is 7.10. The molecule has 2 aromatic rings. The lowest BCUT2D eigenvalue weighted by molar-refractivity contribution is -0.137.